The van der Waals surface area contributed by atoms with Crippen LogP contribution in [-0.4, -0.2) is 56.3 Å². The first-order valence-corrected chi connectivity index (χ1v) is 14.5. The normalized spacial score (nSPS) is 18.9. The van der Waals surface area contributed by atoms with Crippen LogP contribution in [0.4, 0.5) is 0 Å². The molecule has 0 bridgehead atoms. The number of hydrogen-bond acceptors (Lipinski definition) is 4. The van der Waals surface area contributed by atoms with E-state index in [9.17, 15) is 13.2 Å². The topological polar surface area (TPSA) is 66.9 Å². The van der Waals surface area contributed by atoms with E-state index in [1.807, 2.05) is 17.0 Å². The standard InChI is InChI=1S/C26H32Cl2N2O4S/c27-22-6-4-21(5-7-22)19-35(32,33)30-16-12-26(13-17-30,18-25(31)29-14-2-1-3-15-29)20-34-24-10-8-23(28)9-11-24/h4-11H,1-3,12-20H2. The monoisotopic (exact) mass is 538 g/mol. The molecular formula is C26H32Cl2N2O4S. The molecule has 1 amide bonds. The van der Waals surface area contributed by atoms with Crippen molar-refractivity contribution >= 4 is 39.1 Å². The number of likely N-dealkylation sites (tertiary alicyclic amines) is 1. The van der Waals surface area contributed by atoms with Crippen molar-refractivity contribution in [1.82, 2.24) is 9.21 Å². The van der Waals surface area contributed by atoms with Gasteiger partial charge >= 0.3 is 0 Å². The first kappa shape index (κ1) is 26.3. The van der Waals surface area contributed by atoms with E-state index in [-0.39, 0.29) is 11.7 Å². The minimum absolute atomic E-state index is 0.0643. The summed E-state index contributed by atoms with van der Waals surface area (Å²) in [6.07, 6.45) is 4.74. The van der Waals surface area contributed by atoms with Crippen LogP contribution in [0.1, 0.15) is 44.1 Å². The van der Waals surface area contributed by atoms with Crippen LogP contribution in [0.25, 0.3) is 0 Å². The third-order valence-corrected chi connectivity index (χ3v) is 9.39. The van der Waals surface area contributed by atoms with Gasteiger partial charge in [-0.15, -0.1) is 0 Å². The third-order valence-electron chi connectivity index (χ3n) is 7.03. The second-order valence-corrected chi connectivity index (χ2v) is 12.5. The average molecular weight is 540 g/mol. The Morgan fingerprint density at radius 1 is 0.857 bits per heavy atom. The molecular weight excluding hydrogens is 507 g/mol. The first-order chi connectivity index (χ1) is 16.7. The van der Waals surface area contributed by atoms with Crippen LogP contribution in [0.2, 0.25) is 10.0 Å². The molecule has 4 rings (SSSR count). The van der Waals surface area contributed by atoms with Crippen LogP contribution in [-0.2, 0) is 20.6 Å². The van der Waals surface area contributed by atoms with Gasteiger partial charge in [0.2, 0.25) is 15.9 Å². The molecule has 0 unspecified atom stereocenters. The molecule has 2 aromatic rings. The van der Waals surface area contributed by atoms with E-state index in [1.165, 1.54) is 0 Å². The largest absolute Gasteiger partial charge is 0.493 e. The van der Waals surface area contributed by atoms with Crippen LogP contribution in [0.5, 0.6) is 5.75 Å². The number of halogens is 2. The van der Waals surface area contributed by atoms with Gasteiger partial charge in [0.25, 0.3) is 0 Å². The lowest BCUT2D eigenvalue weighted by Gasteiger charge is -2.42. The maximum Gasteiger partial charge on any atom is 0.223 e. The van der Waals surface area contributed by atoms with Crippen molar-refractivity contribution in [1.29, 1.82) is 0 Å². The lowest BCUT2D eigenvalue weighted by Crippen LogP contribution is -2.48. The number of carbonyl (C=O) groups is 1. The Labute approximate surface area is 218 Å². The molecule has 35 heavy (non-hydrogen) atoms. The van der Waals surface area contributed by atoms with Gasteiger partial charge in [0.05, 0.1) is 12.4 Å². The van der Waals surface area contributed by atoms with Gasteiger partial charge in [-0.05, 0) is 74.1 Å². The minimum Gasteiger partial charge on any atom is -0.493 e. The number of rotatable bonds is 8. The molecule has 0 spiro atoms. The highest BCUT2D eigenvalue weighted by molar-refractivity contribution is 7.88. The van der Waals surface area contributed by atoms with Crippen LogP contribution in [0, 0.1) is 5.41 Å². The van der Waals surface area contributed by atoms with Gasteiger partial charge in [-0.3, -0.25) is 4.79 Å². The Balaban J connectivity index is 1.44. The van der Waals surface area contributed by atoms with Crippen LogP contribution < -0.4 is 4.74 Å². The summed E-state index contributed by atoms with van der Waals surface area (Å²) in [7, 11) is -3.48. The van der Waals surface area contributed by atoms with E-state index in [2.05, 4.69) is 0 Å². The van der Waals surface area contributed by atoms with Crippen molar-refractivity contribution in [2.45, 2.75) is 44.3 Å². The number of carbonyl (C=O) groups excluding carboxylic acids is 1. The summed E-state index contributed by atoms with van der Waals surface area (Å²) in [6.45, 7) is 2.70. The maximum absolute atomic E-state index is 13.2. The lowest BCUT2D eigenvalue weighted by molar-refractivity contribution is -0.136. The first-order valence-electron chi connectivity index (χ1n) is 12.1. The summed E-state index contributed by atoms with van der Waals surface area (Å²) in [6, 6.07) is 14.1. The van der Waals surface area contributed by atoms with Gasteiger partial charge in [0.15, 0.2) is 0 Å². The second kappa shape index (κ2) is 11.5. The van der Waals surface area contributed by atoms with Crippen molar-refractivity contribution in [3.05, 3.63) is 64.1 Å². The molecule has 0 aromatic heterocycles. The highest BCUT2D eigenvalue weighted by atomic mass is 35.5. The summed E-state index contributed by atoms with van der Waals surface area (Å²) >= 11 is 11.9. The average Bonchev–Trinajstić information content (AvgIpc) is 2.86. The van der Waals surface area contributed by atoms with E-state index < -0.39 is 15.4 Å². The second-order valence-electron chi connectivity index (χ2n) is 9.64. The fraction of sp³-hybridized carbons (Fsp3) is 0.500. The maximum atomic E-state index is 13.2. The van der Waals surface area contributed by atoms with E-state index in [0.29, 0.717) is 60.3 Å². The molecule has 2 aromatic carbocycles. The molecule has 2 fully saturated rings. The molecule has 0 aliphatic carbocycles. The predicted molar refractivity (Wildman–Crippen MR) is 139 cm³/mol. The molecule has 6 nitrogen and oxygen atoms in total. The number of ether oxygens (including phenoxy) is 1. The van der Waals surface area contributed by atoms with E-state index in [4.69, 9.17) is 27.9 Å². The van der Waals surface area contributed by atoms with Gasteiger partial charge in [-0.2, -0.15) is 0 Å². The van der Waals surface area contributed by atoms with Crippen molar-refractivity contribution in [3.8, 4) is 5.75 Å². The quantitative estimate of drug-likeness (QED) is 0.452. The van der Waals surface area contributed by atoms with Crippen molar-refractivity contribution < 1.29 is 17.9 Å². The zero-order valence-corrected chi connectivity index (χ0v) is 22.1. The lowest BCUT2D eigenvalue weighted by atomic mass is 9.76. The molecule has 9 heteroatoms. The zero-order chi connectivity index (χ0) is 24.9. The fourth-order valence-electron chi connectivity index (χ4n) is 4.84. The molecule has 0 saturated carbocycles. The Kier molecular flexibility index (Phi) is 8.63. The zero-order valence-electron chi connectivity index (χ0n) is 19.8. The van der Waals surface area contributed by atoms with Crippen molar-refractivity contribution in [2.24, 2.45) is 5.41 Å². The third kappa shape index (κ3) is 7.13. The van der Waals surface area contributed by atoms with Gasteiger partial charge in [0, 0.05) is 48.1 Å². The summed E-state index contributed by atoms with van der Waals surface area (Å²) in [5, 5.41) is 1.21. The highest BCUT2D eigenvalue weighted by Gasteiger charge is 2.41. The van der Waals surface area contributed by atoms with Gasteiger partial charge in [-0.1, -0.05) is 35.3 Å². The Hall–Kier alpha value is -1.80. The van der Waals surface area contributed by atoms with Crippen LogP contribution in [0.3, 0.4) is 0 Å². The van der Waals surface area contributed by atoms with Crippen LogP contribution in [0.15, 0.2) is 48.5 Å². The van der Waals surface area contributed by atoms with Crippen molar-refractivity contribution in [3.63, 3.8) is 0 Å². The molecule has 190 valence electrons. The smallest absolute Gasteiger partial charge is 0.223 e. The summed E-state index contributed by atoms with van der Waals surface area (Å²) in [5.41, 5.74) is 0.290. The van der Waals surface area contributed by atoms with Gasteiger partial charge in [0.1, 0.15) is 5.75 Å². The molecule has 0 N–H and O–H groups in total. The summed E-state index contributed by atoms with van der Waals surface area (Å²) in [4.78, 5) is 15.1. The van der Waals surface area contributed by atoms with Crippen LogP contribution >= 0.6 is 23.2 Å². The predicted octanol–water partition coefficient (Wildman–Crippen LogP) is 5.39. The molecule has 2 heterocycles. The van der Waals surface area contributed by atoms with E-state index in [0.717, 1.165) is 32.4 Å². The van der Waals surface area contributed by atoms with Crippen molar-refractivity contribution in [2.75, 3.05) is 32.8 Å². The number of hydrogen-bond donors (Lipinski definition) is 0. The molecule has 2 aliphatic rings. The van der Waals surface area contributed by atoms with Gasteiger partial charge in [-0.25, -0.2) is 12.7 Å². The SMILES string of the molecule is O=C(CC1(COc2ccc(Cl)cc2)CCN(S(=O)(=O)Cc2ccc(Cl)cc2)CC1)N1CCCCC1. The number of piperidine rings is 2. The highest BCUT2D eigenvalue weighted by Crippen LogP contribution is 2.38. The summed E-state index contributed by atoms with van der Waals surface area (Å²) < 4.78 is 33.9. The molecule has 0 atom stereocenters. The molecule has 0 radical (unpaired) electrons. The van der Waals surface area contributed by atoms with Gasteiger partial charge < -0.3 is 9.64 Å². The Morgan fingerprint density at radius 2 is 1.43 bits per heavy atom. The number of sulfonamides is 1. The number of nitrogens with zero attached hydrogens (tertiary/aromatic N) is 2. The molecule has 2 saturated heterocycles. The Morgan fingerprint density at radius 3 is 2.03 bits per heavy atom. The summed E-state index contributed by atoms with van der Waals surface area (Å²) in [5.74, 6) is 0.768. The molecule has 2 aliphatic heterocycles. The Bertz CT molecular complexity index is 1090. The van der Waals surface area contributed by atoms with E-state index >= 15 is 0 Å². The number of benzene rings is 2. The fourth-order valence-corrected chi connectivity index (χ4v) is 6.62. The van der Waals surface area contributed by atoms with E-state index in [1.54, 1.807) is 40.7 Å². The minimum atomic E-state index is -3.48. The number of amides is 1.